The molecule has 13 heavy (non-hydrogen) atoms. The minimum absolute atomic E-state index is 0.306. The van der Waals surface area contributed by atoms with Crippen LogP contribution >= 0.6 is 0 Å². The highest BCUT2D eigenvalue weighted by Crippen LogP contribution is 2.17. The van der Waals surface area contributed by atoms with Crippen LogP contribution in [0.3, 0.4) is 0 Å². The fourth-order valence-electron chi connectivity index (χ4n) is 2.13. The number of aliphatic hydroxyl groups is 1. The molecule has 0 saturated heterocycles. The summed E-state index contributed by atoms with van der Waals surface area (Å²) in [6, 6.07) is 1.19. The van der Waals surface area contributed by atoms with E-state index in [9.17, 15) is 0 Å². The summed E-state index contributed by atoms with van der Waals surface area (Å²) in [4.78, 5) is 0. The molecular formula is C11H23NO. The molecule has 1 fully saturated rings. The van der Waals surface area contributed by atoms with Crippen LogP contribution in [-0.4, -0.2) is 23.8 Å². The van der Waals surface area contributed by atoms with Crippen LogP contribution in [-0.2, 0) is 0 Å². The first kappa shape index (κ1) is 11.0. The highest BCUT2D eigenvalue weighted by molar-refractivity contribution is 4.73. The van der Waals surface area contributed by atoms with Gasteiger partial charge in [0.2, 0.25) is 0 Å². The third-order valence-corrected chi connectivity index (χ3v) is 2.94. The number of rotatable bonds is 4. The lowest BCUT2D eigenvalue weighted by Gasteiger charge is -2.21. The van der Waals surface area contributed by atoms with Crippen molar-refractivity contribution in [1.29, 1.82) is 0 Å². The van der Waals surface area contributed by atoms with Gasteiger partial charge in [-0.05, 0) is 26.2 Å². The van der Waals surface area contributed by atoms with Gasteiger partial charge in [-0.3, -0.25) is 0 Å². The first-order valence-corrected chi connectivity index (χ1v) is 5.70. The van der Waals surface area contributed by atoms with Crippen molar-refractivity contribution in [2.45, 2.75) is 64.0 Å². The molecule has 0 heterocycles. The summed E-state index contributed by atoms with van der Waals surface area (Å²) in [6.07, 6.45) is 9.12. The zero-order valence-electron chi connectivity index (χ0n) is 8.76. The van der Waals surface area contributed by atoms with Gasteiger partial charge in [0.25, 0.3) is 0 Å². The van der Waals surface area contributed by atoms with Crippen molar-refractivity contribution < 1.29 is 5.11 Å². The molecule has 2 N–H and O–H groups in total. The predicted molar refractivity (Wildman–Crippen MR) is 55.8 cm³/mol. The van der Waals surface area contributed by atoms with Gasteiger partial charge >= 0.3 is 0 Å². The van der Waals surface area contributed by atoms with Gasteiger partial charge in [-0.15, -0.1) is 0 Å². The van der Waals surface area contributed by atoms with Gasteiger partial charge in [-0.1, -0.05) is 25.7 Å². The second-order valence-corrected chi connectivity index (χ2v) is 4.27. The van der Waals surface area contributed by atoms with Gasteiger partial charge in [0.05, 0.1) is 0 Å². The van der Waals surface area contributed by atoms with Crippen LogP contribution in [0.4, 0.5) is 0 Å². The van der Waals surface area contributed by atoms with E-state index in [0.29, 0.717) is 18.7 Å². The molecule has 1 aliphatic carbocycles. The number of hydrogen-bond donors (Lipinski definition) is 2. The molecule has 1 unspecified atom stereocenters. The molecule has 2 heteroatoms. The van der Waals surface area contributed by atoms with E-state index in [1.165, 1.54) is 38.5 Å². The standard InChI is InChI=1S/C11H23NO/c1-10(8-9-13)12-11-6-4-2-3-5-7-11/h10-13H,2-9H2,1H3. The molecule has 0 amide bonds. The smallest absolute Gasteiger partial charge is 0.0445 e. The van der Waals surface area contributed by atoms with Crippen molar-refractivity contribution in [3.05, 3.63) is 0 Å². The van der Waals surface area contributed by atoms with Crippen molar-refractivity contribution in [2.24, 2.45) is 0 Å². The molecule has 78 valence electrons. The molecule has 0 aromatic heterocycles. The number of nitrogens with one attached hydrogen (secondary N) is 1. The number of aliphatic hydroxyl groups excluding tert-OH is 1. The van der Waals surface area contributed by atoms with Crippen molar-refractivity contribution in [2.75, 3.05) is 6.61 Å². The Morgan fingerprint density at radius 3 is 2.38 bits per heavy atom. The van der Waals surface area contributed by atoms with E-state index >= 15 is 0 Å². The predicted octanol–water partition coefficient (Wildman–Crippen LogP) is 2.07. The largest absolute Gasteiger partial charge is 0.396 e. The zero-order chi connectivity index (χ0) is 9.52. The van der Waals surface area contributed by atoms with E-state index in [0.717, 1.165) is 6.42 Å². The van der Waals surface area contributed by atoms with E-state index in [4.69, 9.17) is 5.11 Å². The van der Waals surface area contributed by atoms with Gasteiger partial charge in [-0.2, -0.15) is 0 Å². The molecule has 0 aliphatic heterocycles. The van der Waals surface area contributed by atoms with Crippen LogP contribution in [0.5, 0.6) is 0 Å². The summed E-state index contributed by atoms with van der Waals surface area (Å²) in [5.74, 6) is 0. The van der Waals surface area contributed by atoms with Crippen molar-refractivity contribution >= 4 is 0 Å². The normalized spacial score (nSPS) is 22.6. The Morgan fingerprint density at radius 1 is 1.23 bits per heavy atom. The van der Waals surface area contributed by atoms with Crippen LogP contribution in [0, 0.1) is 0 Å². The molecule has 0 spiro atoms. The molecule has 1 saturated carbocycles. The van der Waals surface area contributed by atoms with Crippen LogP contribution in [0.1, 0.15) is 51.9 Å². The molecule has 1 atom stereocenters. The monoisotopic (exact) mass is 185 g/mol. The first-order chi connectivity index (χ1) is 6.33. The van der Waals surface area contributed by atoms with Gasteiger partial charge in [0, 0.05) is 18.7 Å². The van der Waals surface area contributed by atoms with Gasteiger partial charge in [0.15, 0.2) is 0 Å². The SMILES string of the molecule is CC(CCO)NC1CCCCCC1. The van der Waals surface area contributed by atoms with Crippen molar-refractivity contribution in [3.8, 4) is 0 Å². The average Bonchev–Trinajstić information content (AvgIpc) is 2.33. The lowest BCUT2D eigenvalue weighted by atomic mass is 10.1. The maximum Gasteiger partial charge on any atom is 0.0445 e. The van der Waals surface area contributed by atoms with Crippen LogP contribution in [0.2, 0.25) is 0 Å². The Hall–Kier alpha value is -0.0800. The van der Waals surface area contributed by atoms with E-state index in [-0.39, 0.29) is 0 Å². The Kier molecular flexibility index (Phi) is 5.40. The molecule has 1 rings (SSSR count). The fraction of sp³-hybridized carbons (Fsp3) is 1.00. The Balaban J connectivity index is 2.17. The quantitative estimate of drug-likeness (QED) is 0.657. The molecule has 0 aromatic carbocycles. The minimum atomic E-state index is 0.306. The summed E-state index contributed by atoms with van der Waals surface area (Å²) < 4.78 is 0. The second kappa shape index (κ2) is 6.39. The highest BCUT2D eigenvalue weighted by Gasteiger charge is 2.13. The fourth-order valence-corrected chi connectivity index (χ4v) is 2.13. The molecule has 0 radical (unpaired) electrons. The third kappa shape index (κ3) is 4.63. The maximum absolute atomic E-state index is 8.78. The van der Waals surface area contributed by atoms with Crippen LogP contribution in [0.25, 0.3) is 0 Å². The van der Waals surface area contributed by atoms with Crippen LogP contribution < -0.4 is 5.32 Å². The van der Waals surface area contributed by atoms with Crippen LogP contribution in [0.15, 0.2) is 0 Å². The maximum atomic E-state index is 8.78. The van der Waals surface area contributed by atoms with Gasteiger partial charge in [0.1, 0.15) is 0 Å². The van der Waals surface area contributed by atoms with Crippen molar-refractivity contribution in [1.82, 2.24) is 5.32 Å². The summed E-state index contributed by atoms with van der Waals surface area (Å²) in [6.45, 7) is 2.47. The Labute approximate surface area is 81.7 Å². The van der Waals surface area contributed by atoms with E-state index in [1.807, 2.05) is 0 Å². The summed E-state index contributed by atoms with van der Waals surface area (Å²) in [5.41, 5.74) is 0. The summed E-state index contributed by atoms with van der Waals surface area (Å²) >= 11 is 0. The molecular weight excluding hydrogens is 162 g/mol. The van der Waals surface area contributed by atoms with Gasteiger partial charge < -0.3 is 10.4 Å². The lowest BCUT2D eigenvalue weighted by molar-refractivity contribution is 0.260. The molecule has 2 nitrogen and oxygen atoms in total. The average molecular weight is 185 g/mol. The van der Waals surface area contributed by atoms with E-state index in [1.54, 1.807) is 0 Å². The van der Waals surface area contributed by atoms with Gasteiger partial charge in [-0.25, -0.2) is 0 Å². The van der Waals surface area contributed by atoms with E-state index < -0.39 is 0 Å². The summed E-state index contributed by atoms with van der Waals surface area (Å²) in [5, 5.41) is 12.4. The third-order valence-electron chi connectivity index (χ3n) is 2.94. The molecule has 0 aromatic rings. The van der Waals surface area contributed by atoms with Crippen molar-refractivity contribution in [3.63, 3.8) is 0 Å². The van der Waals surface area contributed by atoms with E-state index in [2.05, 4.69) is 12.2 Å². The first-order valence-electron chi connectivity index (χ1n) is 5.70. The lowest BCUT2D eigenvalue weighted by Crippen LogP contribution is -2.36. The Bertz CT molecular complexity index is 119. The topological polar surface area (TPSA) is 32.3 Å². The second-order valence-electron chi connectivity index (χ2n) is 4.27. The minimum Gasteiger partial charge on any atom is -0.396 e. The molecule has 0 bridgehead atoms. The zero-order valence-corrected chi connectivity index (χ0v) is 8.76. The highest BCUT2D eigenvalue weighted by atomic mass is 16.3. The molecule has 1 aliphatic rings. The summed E-state index contributed by atoms with van der Waals surface area (Å²) in [7, 11) is 0. The Morgan fingerprint density at radius 2 is 1.85 bits per heavy atom. The number of hydrogen-bond acceptors (Lipinski definition) is 2.